The van der Waals surface area contributed by atoms with Crippen molar-refractivity contribution in [1.29, 1.82) is 0 Å². The van der Waals surface area contributed by atoms with E-state index in [1.54, 1.807) is 0 Å². The highest BCUT2D eigenvalue weighted by atomic mass is 32.1. The number of thiophene rings is 1. The summed E-state index contributed by atoms with van der Waals surface area (Å²) in [6.07, 6.45) is 16.7. The third kappa shape index (κ3) is 9.31. The maximum absolute atomic E-state index is 6.23. The molecule has 0 spiro atoms. The molecule has 0 amide bonds. The molecule has 0 saturated carbocycles. The van der Waals surface area contributed by atoms with Crippen molar-refractivity contribution in [2.24, 2.45) is 0 Å². The lowest BCUT2D eigenvalue weighted by molar-refractivity contribution is 0.283. The molecular formula is C32H46O3SSi. The van der Waals surface area contributed by atoms with Crippen LogP contribution in [0.3, 0.4) is 0 Å². The molecule has 3 nitrogen and oxygen atoms in total. The number of benzene rings is 1. The van der Waals surface area contributed by atoms with Gasteiger partial charge in [0.05, 0.1) is 4.88 Å². The molecule has 0 N–H and O–H groups in total. The minimum Gasteiger partial charge on any atom is -0.489 e. The van der Waals surface area contributed by atoms with Gasteiger partial charge in [-0.05, 0) is 80.6 Å². The van der Waals surface area contributed by atoms with Gasteiger partial charge in [0.15, 0.2) is 8.32 Å². The Hall–Kier alpha value is -2.08. The first-order valence-electron chi connectivity index (χ1n) is 13.9. The highest BCUT2D eigenvalue weighted by molar-refractivity contribution is 7.15. The van der Waals surface area contributed by atoms with Gasteiger partial charge in [0.1, 0.15) is 23.7 Å². The van der Waals surface area contributed by atoms with E-state index in [0.717, 1.165) is 54.8 Å². The molecule has 0 bridgehead atoms. The van der Waals surface area contributed by atoms with Gasteiger partial charge in [-0.3, -0.25) is 0 Å². The van der Waals surface area contributed by atoms with Crippen LogP contribution in [-0.4, -0.2) is 21.5 Å². The quantitative estimate of drug-likeness (QED) is 0.110. The first-order chi connectivity index (χ1) is 17.7. The van der Waals surface area contributed by atoms with Crippen molar-refractivity contribution in [2.75, 3.05) is 13.2 Å². The van der Waals surface area contributed by atoms with Crippen LogP contribution >= 0.6 is 11.3 Å². The molecule has 3 rings (SSSR count). The summed E-state index contributed by atoms with van der Waals surface area (Å²) in [5.74, 6) is 1.78. The number of fused-ring (bicyclic) bond motifs is 1. The van der Waals surface area contributed by atoms with Crippen LogP contribution in [0.1, 0.15) is 71.1 Å². The second kappa shape index (κ2) is 14.2. The summed E-state index contributed by atoms with van der Waals surface area (Å²) in [7, 11) is -1.61. The zero-order valence-electron chi connectivity index (χ0n) is 23.8. The van der Waals surface area contributed by atoms with E-state index in [9.17, 15) is 0 Å². The van der Waals surface area contributed by atoms with Crippen molar-refractivity contribution in [2.45, 2.75) is 90.8 Å². The number of rotatable bonds is 15. The van der Waals surface area contributed by atoms with Crippen molar-refractivity contribution in [3.8, 4) is 16.4 Å². The molecule has 0 fully saturated rings. The summed E-state index contributed by atoms with van der Waals surface area (Å²) < 4.78 is 18.3. The van der Waals surface area contributed by atoms with Crippen LogP contribution in [0.4, 0.5) is 0 Å². The SMILES string of the molecule is CCCCCc1ccc(-c2cc3ccc(OC/C=C/C/C=C/CCCO[Si](C)(C)C(C)(C)C)cc3o2)s1. The average molecular weight is 539 g/mol. The lowest BCUT2D eigenvalue weighted by Gasteiger charge is -2.36. The number of allylic oxidation sites excluding steroid dienone is 3. The summed E-state index contributed by atoms with van der Waals surface area (Å²) >= 11 is 1.84. The number of unbranched alkanes of at least 4 members (excludes halogenated alkanes) is 3. The Bertz CT molecular complexity index is 1150. The van der Waals surface area contributed by atoms with Crippen LogP contribution in [-0.2, 0) is 10.8 Å². The van der Waals surface area contributed by atoms with E-state index in [-0.39, 0.29) is 5.04 Å². The predicted octanol–water partition coefficient (Wildman–Crippen LogP) is 10.6. The second-order valence-electron chi connectivity index (χ2n) is 11.3. The van der Waals surface area contributed by atoms with Gasteiger partial charge in [0, 0.05) is 22.9 Å². The summed E-state index contributed by atoms with van der Waals surface area (Å²) in [5.41, 5.74) is 0.873. The molecule has 0 aliphatic heterocycles. The van der Waals surface area contributed by atoms with Gasteiger partial charge < -0.3 is 13.6 Å². The number of aryl methyl sites for hydroxylation is 1. The third-order valence-electron chi connectivity index (χ3n) is 7.16. The lowest BCUT2D eigenvalue weighted by Crippen LogP contribution is -2.40. The van der Waals surface area contributed by atoms with Gasteiger partial charge in [-0.2, -0.15) is 0 Å². The van der Waals surface area contributed by atoms with E-state index in [0.29, 0.717) is 6.61 Å². The van der Waals surface area contributed by atoms with E-state index < -0.39 is 8.32 Å². The molecule has 3 aromatic rings. The lowest BCUT2D eigenvalue weighted by atomic mass is 10.2. The molecule has 202 valence electrons. The minimum absolute atomic E-state index is 0.282. The molecule has 0 aliphatic rings. The molecular weight excluding hydrogens is 493 g/mol. The van der Waals surface area contributed by atoms with E-state index in [1.165, 1.54) is 29.0 Å². The molecule has 0 radical (unpaired) electrons. The molecule has 0 aliphatic carbocycles. The summed E-state index contributed by atoms with van der Waals surface area (Å²) in [5, 5.41) is 1.39. The Morgan fingerprint density at radius 2 is 1.76 bits per heavy atom. The maximum atomic E-state index is 6.23. The van der Waals surface area contributed by atoms with Crippen LogP contribution in [0.25, 0.3) is 21.6 Å². The van der Waals surface area contributed by atoms with E-state index in [2.05, 4.69) is 89.4 Å². The Balaban J connectivity index is 1.37. The average Bonchev–Trinajstić information content (AvgIpc) is 3.48. The van der Waals surface area contributed by atoms with E-state index >= 15 is 0 Å². The predicted molar refractivity (Wildman–Crippen MR) is 164 cm³/mol. The fourth-order valence-corrected chi connectivity index (χ4v) is 5.85. The smallest absolute Gasteiger partial charge is 0.191 e. The topological polar surface area (TPSA) is 31.6 Å². The minimum atomic E-state index is -1.61. The van der Waals surface area contributed by atoms with Gasteiger partial charge in [0.25, 0.3) is 0 Å². The Labute approximate surface area is 229 Å². The van der Waals surface area contributed by atoms with Crippen LogP contribution in [0, 0.1) is 0 Å². The second-order valence-corrected chi connectivity index (χ2v) is 17.3. The highest BCUT2D eigenvalue weighted by Crippen LogP contribution is 2.37. The van der Waals surface area contributed by atoms with Crippen LogP contribution < -0.4 is 4.74 Å². The molecule has 2 heterocycles. The number of ether oxygens (including phenoxy) is 1. The summed E-state index contributed by atoms with van der Waals surface area (Å²) in [4.78, 5) is 2.63. The third-order valence-corrected chi connectivity index (χ3v) is 12.9. The largest absolute Gasteiger partial charge is 0.489 e. The number of hydrogen-bond donors (Lipinski definition) is 0. The Morgan fingerprint density at radius 3 is 2.54 bits per heavy atom. The van der Waals surface area contributed by atoms with Crippen molar-refractivity contribution in [3.63, 3.8) is 0 Å². The van der Waals surface area contributed by atoms with Gasteiger partial charge in [0.2, 0.25) is 0 Å². The highest BCUT2D eigenvalue weighted by Gasteiger charge is 2.36. The van der Waals surface area contributed by atoms with Gasteiger partial charge >= 0.3 is 0 Å². The van der Waals surface area contributed by atoms with Gasteiger partial charge in [-0.15, -0.1) is 11.3 Å². The molecule has 5 heteroatoms. The van der Waals surface area contributed by atoms with E-state index in [1.807, 2.05) is 23.5 Å². The van der Waals surface area contributed by atoms with Crippen molar-refractivity contribution >= 4 is 30.6 Å². The van der Waals surface area contributed by atoms with Crippen LogP contribution in [0.2, 0.25) is 18.1 Å². The van der Waals surface area contributed by atoms with Crippen molar-refractivity contribution < 1.29 is 13.6 Å². The zero-order valence-corrected chi connectivity index (χ0v) is 25.6. The van der Waals surface area contributed by atoms with Crippen LogP contribution in [0.5, 0.6) is 5.75 Å². The molecule has 1 aromatic carbocycles. The van der Waals surface area contributed by atoms with Crippen molar-refractivity contribution in [1.82, 2.24) is 0 Å². The number of furan rings is 1. The fraction of sp³-hybridized carbons (Fsp3) is 0.500. The van der Waals surface area contributed by atoms with Gasteiger partial charge in [-0.1, -0.05) is 64.8 Å². The Morgan fingerprint density at radius 1 is 0.946 bits per heavy atom. The zero-order chi connectivity index (χ0) is 26.7. The van der Waals surface area contributed by atoms with E-state index in [4.69, 9.17) is 13.6 Å². The summed E-state index contributed by atoms with van der Waals surface area (Å²) in [6.45, 7) is 15.2. The molecule has 37 heavy (non-hydrogen) atoms. The first-order valence-corrected chi connectivity index (χ1v) is 17.6. The maximum Gasteiger partial charge on any atom is 0.191 e. The normalized spacial score (nSPS) is 12.9. The molecule has 0 atom stereocenters. The standard InChI is InChI=1S/C32H46O3SSi/c1-7-8-14-17-28-20-21-31(36-28)30-24-26-18-19-27(25-29(26)35-30)33-22-15-12-10-9-11-13-16-23-34-37(5,6)32(2,3)4/h9,11-12,15,18-21,24-25H,7-8,10,13-14,16-17,22-23H2,1-6H3/b11-9+,15-12+. The number of hydrogen-bond acceptors (Lipinski definition) is 4. The summed E-state index contributed by atoms with van der Waals surface area (Å²) in [6, 6.07) is 12.6. The van der Waals surface area contributed by atoms with Crippen LogP contribution in [0.15, 0.2) is 65.1 Å². The molecule has 0 unspecified atom stereocenters. The van der Waals surface area contributed by atoms with Gasteiger partial charge in [-0.25, -0.2) is 0 Å². The monoisotopic (exact) mass is 538 g/mol. The molecule has 0 saturated heterocycles. The first kappa shape index (κ1) is 29.5. The van der Waals surface area contributed by atoms with Crippen molar-refractivity contribution in [3.05, 3.63) is 65.6 Å². The fourth-order valence-electron chi connectivity index (χ4n) is 3.76. The Kier molecular flexibility index (Phi) is 11.3. The molecule has 2 aromatic heterocycles.